The Labute approximate surface area is 124 Å². The lowest BCUT2D eigenvalue weighted by atomic mass is 10.1. The first-order valence-electron chi connectivity index (χ1n) is 7.26. The molecule has 3 rings (SSSR count). The summed E-state index contributed by atoms with van der Waals surface area (Å²) in [6.07, 6.45) is 2.45. The van der Waals surface area contributed by atoms with Crippen molar-refractivity contribution >= 4 is 11.3 Å². The highest BCUT2D eigenvalue weighted by Gasteiger charge is 2.23. The van der Waals surface area contributed by atoms with Crippen molar-refractivity contribution in [2.45, 2.75) is 32.4 Å². The van der Waals surface area contributed by atoms with Crippen LogP contribution in [-0.4, -0.2) is 18.1 Å². The molecule has 4 heteroatoms. The van der Waals surface area contributed by atoms with Crippen molar-refractivity contribution in [3.63, 3.8) is 0 Å². The van der Waals surface area contributed by atoms with Crippen LogP contribution in [0.3, 0.4) is 0 Å². The minimum atomic E-state index is 0.206. The molecule has 20 heavy (non-hydrogen) atoms. The standard InChI is InChI=1S/C16H20N2OS/c1-2-17-11-13-15(12-7-4-3-5-8-12)20-16(18-13)14-9-6-10-19-14/h3-5,7-8,14,17H,2,6,9-11H2,1H3. The van der Waals surface area contributed by atoms with E-state index in [-0.39, 0.29) is 6.10 Å². The van der Waals surface area contributed by atoms with Crippen LogP contribution in [0.15, 0.2) is 30.3 Å². The van der Waals surface area contributed by atoms with E-state index in [4.69, 9.17) is 9.72 Å². The van der Waals surface area contributed by atoms with Crippen molar-refractivity contribution in [2.75, 3.05) is 13.2 Å². The van der Waals surface area contributed by atoms with Gasteiger partial charge in [-0.3, -0.25) is 0 Å². The largest absolute Gasteiger partial charge is 0.371 e. The van der Waals surface area contributed by atoms with Crippen LogP contribution in [0.2, 0.25) is 0 Å². The van der Waals surface area contributed by atoms with Gasteiger partial charge in [-0.15, -0.1) is 11.3 Å². The van der Waals surface area contributed by atoms with Crippen molar-refractivity contribution < 1.29 is 4.74 Å². The van der Waals surface area contributed by atoms with Crippen molar-refractivity contribution in [3.8, 4) is 10.4 Å². The molecule has 2 heterocycles. The van der Waals surface area contributed by atoms with Gasteiger partial charge in [0.25, 0.3) is 0 Å². The summed E-state index contributed by atoms with van der Waals surface area (Å²) < 4.78 is 5.78. The fourth-order valence-corrected chi connectivity index (χ4v) is 3.63. The molecule has 1 atom stereocenters. The molecule has 0 bridgehead atoms. The third-order valence-electron chi connectivity index (χ3n) is 3.50. The third kappa shape index (κ3) is 2.92. The average Bonchev–Trinajstić information content (AvgIpc) is 3.15. The number of rotatable bonds is 5. The van der Waals surface area contributed by atoms with Gasteiger partial charge in [0, 0.05) is 13.2 Å². The molecule has 1 aromatic heterocycles. The molecule has 0 aliphatic carbocycles. The van der Waals surface area contributed by atoms with E-state index in [2.05, 4.69) is 42.6 Å². The van der Waals surface area contributed by atoms with Gasteiger partial charge < -0.3 is 10.1 Å². The molecule has 0 spiro atoms. The van der Waals surface area contributed by atoms with Gasteiger partial charge in [0.2, 0.25) is 0 Å². The molecule has 1 saturated heterocycles. The van der Waals surface area contributed by atoms with E-state index < -0.39 is 0 Å². The lowest BCUT2D eigenvalue weighted by molar-refractivity contribution is 0.111. The summed E-state index contributed by atoms with van der Waals surface area (Å²) in [5, 5.41) is 4.52. The molecule has 1 aliphatic rings. The number of nitrogens with one attached hydrogen (secondary N) is 1. The normalized spacial score (nSPS) is 18.6. The molecule has 2 aromatic rings. The van der Waals surface area contributed by atoms with Crippen LogP contribution in [0.25, 0.3) is 10.4 Å². The van der Waals surface area contributed by atoms with Crippen LogP contribution in [0.1, 0.15) is 36.6 Å². The Balaban J connectivity index is 1.93. The van der Waals surface area contributed by atoms with Crippen molar-refractivity contribution in [2.24, 2.45) is 0 Å². The maximum atomic E-state index is 5.78. The highest BCUT2D eigenvalue weighted by atomic mass is 32.1. The van der Waals surface area contributed by atoms with E-state index in [1.807, 2.05) is 0 Å². The number of thiazole rings is 1. The van der Waals surface area contributed by atoms with Gasteiger partial charge >= 0.3 is 0 Å². The van der Waals surface area contributed by atoms with Crippen molar-refractivity contribution in [1.29, 1.82) is 0 Å². The number of benzene rings is 1. The van der Waals surface area contributed by atoms with Gasteiger partial charge in [-0.1, -0.05) is 37.3 Å². The fraction of sp³-hybridized carbons (Fsp3) is 0.438. The molecule has 0 amide bonds. The van der Waals surface area contributed by atoms with Gasteiger partial charge in [0.05, 0.1) is 10.6 Å². The van der Waals surface area contributed by atoms with Crippen molar-refractivity contribution in [1.82, 2.24) is 10.3 Å². The zero-order chi connectivity index (χ0) is 13.8. The summed E-state index contributed by atoms with van der Waals surface area (Å²) in [5.41, 5.74) is 2.40. The fourth-order valence-electron chi connectivity index (χ4n) is 2.46. The predicted octanol–water partition coefficient (Wildman–Crippen LogP) is 3.77. The van der Waals surface area contributed by atoms with Gasteiger partial charge in [-0.25, -0.2) is 4.98 Å². The minimum Gasteiger partial charge on any atom is -0.371 e. The molecule has 1 aromatic carbocycles. The zero-order valence-electron chi connectivity index (χ0n) is 11.8. The third-order valence-corrected chi connectivity index (χ3v) is 4.74. The molecule has 1 unspecified atom stereocenters. The molecule has 3 nitrogen and oxygen atoms in total. The first-order valence-corrected chi connectivity index (χ1v) is 8.07. The highest BCUT2D eigenvalue weighted by Crippen LogP contribution is 2.37. The van der Waals surface area contributed by atoms with E-state index >= 15 is 0 Å². The number of ether oxygens (including phenoxy) is 1. The van der Waals surface area contributed by atoms with Crippen LogP contribution >= 0.6 is 11.3 Å². The first kappa shape index (κ1) is 13.7. The monoisotopic (exact) mass is 288 g/mol. The van der Waals surface area contributed by atoms with Crippen molar-refractivity contribution in [3.05, 3.63) is 41.0 Å². The Morgan fingerprint density at radius 1 is 1.35 bits per heavy atom. The SMILES string of the molecule is CCNCc1nc(C2CCCO2)sc1-c1ccccc1. The molecule has 106 valence electrons. The minimum absolute atomic E-state index is 0.206. The van der Waals surface area contributed by atoms with E-state index in [9.17, 15) is 0 Å². The summed E-state index contributed by atoms with van der Waals surface area (Å²) in [7, 11) is 0. The van der Waals surface area contributed by atoms with Gasteiger partial charge in [-0.2, -0.15) is 0 Å². The van der Waals surface area contributed by atoms with Crippen LogP contribution < -0.4 is 5.32 Å². The second kappa shape index (κ2) is 6.48. The van der Waals surface area contributed by atoms with Gasteiger partial charge in [-0.05, 0) is 24.9 Å². The maximum Gasteiger partial charge on any atom is 0.122 e. The van der Waals surface area contributed by atoms with E-state index in [0.717, 1.165) is 43.2 Å². The Bertz CT molecular complexity index is 547. The number of hydrogen-bond donors (Lipinski definition) is 1. The van der Waals surface area contributed by atoms with E-state index in [1.54, 1.807) is 11.3 Å². The molecular formula is C16H20N2OS. The molecular weight excluding hydrogens is 268 g/mol. The van der Waals surface area contributed by atoms with Gasteiger partial charge in [0.15, 0.2) is 0 Å². The highest BCUT2D eigenvalue weighted by molar-refractivity contribution is 7.15. The summed E-state index contributed by atoms with van der Waals surface area (Å²) in [5.74, 6) is 0. The zero-order valence-corrected chi connectivity index (χ0v) is 12.6. The lowest BCUT2D eigenvalue weighted by Crippen LogP contribution is -2.12. The summed E-state index contributed by atoms with van der Waals surface area (Å²) >= 11 is 1.78. The van der Waals surface area contributed by atoms with Crippen LogP contribution in [0.4, 0.5) is 0 Å². The van der Waals surface area contributed by atoms with Crippen LogP contribution in [0.5, 0.6) is 0 Å². The Kier molecular flexibility index (Phi) is 4.45. The Morgan fingerprint density at radius 2 is 2.20 bits per heavy atom. The second-order valence-corrected chi connectivity index (χ2v) is 6.01. The molecule has 1 aliphatic heterocycles. The number of nitrogens with zero attached hydrogens (tertiary/aromatic N) is 1. The topological polar surface area (TPSA) is 34.2 Å². The van der Waals surface area contributed by atoms with Crippen LogP contribution in [-0.2, 0) is 11.3 Å². The van der Waals surface area contributed by atoms with Gasteiger partial charge in [0.1, 0.15) is 11.1 Å². The number of aromatic nitrogens is 1. The summed E-state index contributed by atoms with van der Waals surface area (Å²) in [6.45, 7) is 4.77. The Hall–Kier alpha value is -1.23. The molecule has 0 radical (unpaired) electrons. The van der Waals surface area contributed by atoms with E-state index in [1.165, 1.54) is 10.4 Å². The predicted molar refractivity (Wildman–Crippen MR) is 82.9 cm³/mol. The molecule has 1 fully saturated rings. The number of hydrogen-bond acceptors (Lipinski definition) is 4. The molecule has 0 saturated carbocycles. The lowest BCUT2D eigenvalue weighted by Gasteiger charge is -2.03. The summed E-state index contributed by atoms with van der Waals surface area (Å²) in [6, 6.07) is 10.5. The van der Waals surface area contributed by atoms with E-state index in [0.29, 0.717) is 0 Å². The smallest absolute Gasteiger partial charge is 0.122 e. The van der Waals surface area contributed by atoms with Crippen LogP contribution in [0, 0.1) is 0 Å². The first-order chi connectivity index (χ1) is 9.88. The summed E-state index contributed by atoms with van der Waals surface area (Å²) in [4.78, 5) is 6.11. The maximum absolute atomic E-state index is 5.78. The quantitative estimate of drug-likeness (QED) is 0.909. The molecule has 1 N–H and O–H groups in total. The second-order valence-electron chi connectivity index (χ2n) is 4.98. The average molecular weight is 288 g/mol. The Morgan fingerprint density at radius 3 is 2.90 bits per heavy atom.